The first-order valence-corrected chi connectivity index (χ1v) is 8.35. The minimum Gasteiger partial charge on any atom is -0.381 e. The normalized spacial score (nSPS) is 16.7. The van der Waals surface area contributed by atoms with Crippen LogP contribution in [-0.2, 0) is 10.5 Å². The highest BCUT2D eigenvalue weighted by Gasteiger charge is 2.11. The second-order valence-electron chi connectivity index (χ2n) is 5.39. The van der Waals surface area contributed by atoms with Crippen molar-refractivity contribution in [2.24, 2.45) is 0 Å². The zero-order valence-corrected chi connectivity index (χ0v) is 12.9. The van der Waals surface area contributed by atoms with E-state index in [2.05, 4.69) is 37.4 Å². The van der Waals surface area contributed by atoms with Gasteiger partial charge in [0, 0.05) is 37.3 Å². The van der Waals surface area contributed by atoms with Crippen LogP contribution in [0.4, 0.5) is 0 Å². The van der Waals surface area contributed by atoms with Gasteiger partial charge in [-0.2, -0.15) is 11.8 Å². The van der Waals surface area contributed by atoms with Crippen LogP contribution in [0.5, 0.6) is 0 Å². The quantitative estimate of drug-likeness (QED) is 0.807. The van der Waals surface area contributed by atoms with E-state index in [0.29, 0.717) is 6.04 Å². The Morgan fingerprint density at radius 1 is 1.16 bits per heavy atom. The Bertz CT molecular complexity index is 368. The van der Waals surface area contributed by atoms with Crippen LogP contribution in [0.1, 0.15) is 29.5 Å². The predicted octanol–water partition coefficient (Wildman–Crippen LogP) is 3.31. The summed E-state index contributed by atoms with van der Waals surface area (Å²) >= 11 is 2.02. The molecule has 0 atom stereocenters. The molecule has 3 heteroatoms. The molecule has 0 bridgehead atoms. The van der Waals surface area contributed by atoms with Crippen molar-refractivity contribution in [2.75, 3.05) is 25.5 Å². The van der Waals surface area contributed by atoms with Crippen LogP contribution in [0, 0.1) is 13.8 Å². The molecule has 0 aliphatic carbocycles. The fourth-order valence-corrected chi connectivity index (χ4v) is 3.39. The first-order chi connectivity index (χ1) is 9.24. The van der Waals surface area contributed by atoms with Gasteiger partial charge in [-0.1, -0.05) is 29.3 Å². The van der Waals surface area contributed by atoms with E-state index in [9.17, 15) is 0 Å². The van der Waals surface area contributed by atoms with Crippen molar-refractivity contribution in [1.82, 2.24) is 5.32 Å². The third-order valence-electron chi connectivity index (χ3n) is 3.45. The van der Waals surface area contributed by atoms with Crippen LogP contribution in [0.25, 0.3) is 0 Å². The molecule has 0 radical (unpaired) electrons. The van der Waals surface area contributed by atoms with Gasteiger partial charge in [0.15, 0.2) is 0 Å². The van der Waals surface area contributed by atoms with Gasteiger partial charge in [-0.25, -0.2) is 0 Å². The Hall–Kier alpha value is -0.510. The lowest BCUT2D eigenvalue weighted by atomic mass is 10.1. The van der Waals surface area contributed by atoms with Crippen molar-refractivity contribution in [3.05, 3.63) is 34.9 Å². The van der Waals surface area contributed by atoms with E-state index >= 15 is 0 Å². The minimum absolute atomic E-state index is 0.676. The smallest absolute Gasteiger partial charge is 0.0480 e. The monoisotopic (exact) mass is 279 g/mol. The maximum Gasteiger partial charge on any atom is 0.0480 e. The van der Waals surface area contributed by atoms with Gasteiger partial charge in [0.1, 0.15) is 0 Å². The third kappa shape index (κ3) is 5.55. The molecule has 1 aliphatic heterocycles. The molecule has 1 aromatic rings. The van der Waals surface area contributed by atoms with Crippen LogP contribution in [0.2, 0.25) is 0 Å². The second-order valence-corrected chi connectivity index (χ2v) is 6.49. The van der Waals surface area contributed by atoms with Crippen LogP contribution < -0.4 is 5.32 Å². The molecular weight excluding hydrogens is 254 g/mol. The number of nitrogens with one attached hydrogen (secondary N) is 1. The summed E-state index contributed by atoms with van der Waals surface area (Å²) in [6, 6.07) is 7.51. The largest absolute Gasteiger partial charge is 0.381 e. The average molecular weight is 279 g/mol. The molecule has 0 spiro atoms. The molecule has 2 nitrogen and oxygen atoms in total. The minimum atomic E-state index is 0.676. The van der Waals surface area contributed by atoms with Crippen molar-refractivity contribution in [3.8, 4) is 0 Å². The van der Waals surface area contributed by atoms with Crippen molar-refractivity contribution >= 4 is 11.8 Å². The number of rotatable bonds is 6. The van der Waals surface area contributed by atoms with Gasteiger partial charge in [-0.05, 0) is 32.3 Å². The lowest BCUT2D eigenvalue weighted by molar-refractivity contribution is 0.0786. The summed E-state index contributed by atoms with van der Waals surface area (Å²) in [6.45, 7) is 7.31. The van der Waals surface area contributed by atoms with E-state index in [1.807, 2.05) is 11.8 Å². The maximum atomic E-state index is 5.36. The summed E-state index contributed by atoms with van der Waals surface area (Å²) in [4.78, 5) is 0. The predicted molar refractivity (Wildman–Crippen MR) is 83.9 cm³/mol. The summed E-state index contributed by atoms with van der Waals surface area (Å²) in [5, 5.41) is 3.63. The van der Waals surface area contributed by atoms with Crippen LogP contribution >= 0.6 is 11.8 Å². The number of aryl methyl sites for hydroxylation is 2. The molecule has 1 aromatic carbocycles. The first-order valence-electron chi connectivity index (χ1n) is 7.20. The number of hydrogen-bond donors (Lipinski definition) is 1. The number of thioether (sulfide) groups is 1. The van der Waals surface area contributed by atoms with E-state index in [1.54, 1.807) is 0 Å². The Labute approximate surface area is 121 Å². The van der Waals surface area contributed by atoms with Gasteiger partial charge in [0.05, 0.1) is 0 Å². The Morgan fingerprint density at radius 3 is 2.53 bits per heavy atom. The number of hydrogen-bond acceptors (Lipinski definition) is 3. The Morgan fingerprint density at radius 2 is 1.84 bits per heavy atom. The molecule has 1 N–H and O–H groups in total. The van der Waals surface area contributed by atoms with Gasteiger partial charge in [-0.15, -0.1) is 0 Å². The highest BCUT2D eigenvalue weighted by Crippen LogP contribution is 2.15. The van der Waals surface area contributed by atoms with E-state index < -0.39 is 0 Å². The highest BCUT2D eigenvalue weighted by atomic mass is 32.2. The van der Waals surface area contributed by atoms with Gasteiger partial charge in [0.25, 0.3) is 0 Å². The molecule has 1 heterocycles. The molecule has 106 valence electrons. The fraction of sp³-hybridized carbons (Fsp3) is 0.625. The summed E-state index contributed by atoms with van der Waals surface area (Å²) in [6.07, 6.45) is 2.34. The SMILES string of the molecule is Cc1cc(C)cc(CSCCNC2CCOCC2)c1. The molecular formula is C16H25NOS. The molecule has 1 aliphatic rings. The van der Waals surface area contributed by atoms with Crippen molar-refractivity contribution in [1.29, 1.82) is 0 Å². The lowest BCUT2D eigenvalue weighted by Crippen LogP contribution is -2.36. The van der Waals surface area contributed by atoms with Crippen LogP contribution in [-0.4, -0.2) is 31.6 Å². The zero-order chi connectivity index (χ0) is 13.5. The molecule has 0 saturated carbocycles. The highest BCUT2D eigenvalue weighted by molar-refractivity contribution is 7.98. The molecule has 0 unspecified atom stereocenters. The van der Waals surface area contributed by atoms with E-state index in [0.717, 1.165) is 25.5 Å². The van der Waals surface area contributed by atoms with Gasteiger partial charge < -0.3 is 10.1 Å². The summed E-state index contributed by atoms with van der Waals surface area (Å²) in [5.74, 6) is 2.31. The molecule has 19 heavy (non-hydrogen) atoms. The Balaban J connectivity index is 1.60. The van der Waals surface area contributed by atoms with Crippen molar-refractivity contribution < 1.29 is 4.74 Å². The second kappa shape index (κ2) is 7.93. The van der Waals surface area contributed by atoms with Gasteiger partial charge >= 0.3 is 0 Å². The van der Waals surface area contributed by atoms with Crippen LogP contribution in [0.15, 0.2) is 18.2 Å². The van der Waals surface area contributed by atoms with Gasteiger partial charge in [0.2, 0.25) is 0 Å². The standard InChI is InChI=1S/C16H25NOS/c1-13-9-14(2)11-15(10-13)12-19-8-5-17-16-3-6-18-7-4-16/h9-11,16-17H,3-8,12H2,1-2H3. The molecule has 0 amide bonds. The van der Waals surface area contributed by atoms with Crippen molar-refractivity contribution in [2.45, 2.75) is 38.5 Å². The van der Waals surface area contributed by atoms with Gasteiger partial charge in [-0.3, -0.25) is 0 Å². The lowest BCUT2D eigenvalue weighted by Gasteiger charge is -2.23. The molecule has 0 aromatic heterocycles. The third-order valence-corrected chi connectivity index (χ3v) is 4.48. The fourth-order valence-electron chi connectivity index (χ4n) is 2.58. The zero-order valence-electron chi connectivity index (χ0n) is 12.1. The van der Waals surface area contributed by atoms with Crippen molar-refractivity contribution in [3.63, 3.8) is 0 Å². The molecule has 2 rings (SSSR count). The van der Waals surface area contributed by atoms with E-state index in [-0.39, 0.29) is 0 Å². The summed E-state index contributed by atoms with van der Waals surface area (Å²) in [5.41, 5.74) is 4.19. The van der Waals surface area contributed by atoms with Crippen LogP contribution in [0.3, 0.4) is 0 Å². The first kappa shape index (κ1) is 14.9. The topological polar surface area (TPSA) is 21.3 Å². The average Bonchev–Trinajstić information content (AvgIpc) is 2.38. The molecule has 1 fully saturated rings. The number of ether oxygens (including phenoxy) is 1. The van der Waals surface area contributed by atoms with E-state index in [1.165, 1.54) is 35.3 Å². The number of benzene rings is 1. The molecule has 1 saturated heterocycles. The van der Waals surface area contributed by atoms with E-state index in [4.69, 9.17) is 4.74 Å². The maximum absolute atomic E-state index is 5.36. The Kier molecular flexibility index (Phi) is 6.21. The summed E-state index contributed by atoms with van der Waals surface area (Å²) < 4.78 is 5.36. The summed E-state index contributed by atoms with van der Waals surface area (Å²) in [7, 11) is 0.